The summed E-state index contributed by atoms with van der Waals surface area (Å²) >= 11 is 0. The molecular formula is C88H56N6. The van der Waals surface area contributed by atoms with Crippen LogP contribution in [0.25, 0.3) is 177 Å². The molecule has 0 aliphatic heterocycles. The van der Waals surface area contributed by atoms with Crippen molar-refractivity contribution in [3.63, 3.8) is 0 Å². The fourth-order valence-corrected chi connectivity index (χ4v) is 14.8. The van der Waals surface area contributed by atoms with Gasteiger partial charge in [0.1, 0.15) is 0 Å². The monoisotopic (exact) mass is 1200 g/mol. The number of para-hydroxylation sites is 6. The van der Waals surface area contributed by atoms with Crippen molar-refractivity contribution >= 4 is 87.2 Å². The van der Waals surface area contributed by atoms with Crippen molar-refractivity contribution in [3.8, 4) is 90.0 Å². The Morgan fingerprint density at radius 1 is 0.160 bits per heavy atom. The highest BCUT2D eigenvalue weighted by Gasteiger charge is 2.22. The lowest BCUT2D eigenvalue weighted by atomic mass is 9.98. The van der Waals surface area contributed by atoms with Gasteiger partial charge in [-0.05, 0) is 154 Å². The molecule has 0 fully saturated rings. The third-order valence-electron chi connectivity index (χ3n) is 19.2. The summed E-state index contributed by atoms with van der Waals surface area (Å²) in [5.41, 5.74) is 25.2. The molecular weight excluding hydrogens is 1140 g/mol. The summed E-state index contributed by atoms with van der Waals surface area (Å²) in [6.07, 6.45) is 0. The van der Waals surface area contributed by atoms with E-state index in [0.29, 0.717) is 5.95 Å². The van der Waals surface area contributed by atoms with Crippen molar-refractivity contribution in [2.24, 2.45) is 0 Å². The summed E-state index contributed by atoms with van der Waals surface area (Å²) < 4.78 is 9.46. The van der Waals surface area contributed by atoms with Crippen molar-refractivity contribution in [1.82, 2.24) is 28.2 Å². The summed E-state index contributed by atoms with van der Waals surface area (Å²) in [5, 5.41) is 9.58. The van der Waals surface area contributed by atoms with Crippen molar-refractivity contribution in [2.75, 3.05) is 0 Å². The zero-order chi connectivity index (χ0) is 61.8. The van der Waals surface area contributed by atoms with Crippen LogP contribution in [0.1, 0.15) is 0 Å². The van der Waals surface area contributed by atoms with E-state index in [1.54, 1.807) is 0 Å². The van der Waals surface area contributed by atoms with E-state index in [9.17, 15) is 0 Å². The maximum atomic E-state index is 5.66. The van der Waals surface area contributed by atoms with Gasteiger partial charge in [-0.3, -0.25) is 4.57 Å². The molecule has 0 amide bonds. The van der Waals surface area contributed by atoms with Gasteiger partial charge in [-0.15, -0.1) is 0 Å². The van der Waals surface area contributed by atoms with Gasteiger partial charge in [0.2, 0.25) is 5.95 Å². The molecule has 0 aliphatic rings. The molecule has 0 saturated heterocycles. The maximum absolute atomic E-state index is 5.66. The van der Waals surface area contributed by atoms with E-state index in [0.717, 1.165) is 100 Å². The molecule has 14 aromatic carbocycles. The average molecular weight is 1200 g/mol. The number of fused-ring (bicyclic) bond motifs is 12. The van der Waals surface area contributed by atoms with E-state index in [2.05, 4.69) is 358 Å². The zero-order valence-electron chi connectivity index (χ0n) is 51.0. The van der Waals surface area contributed by atoms with Crippen molar-refractivity contribution < 1.29 is 0 Å². The Balaban J connectivity index is 0.757. The Kier molecular flexibility index (Phi) is 12.2. The SMILES string of the molecule is c1ccc(-c2ccc(-c3cccc(-c4cc(-c5cccc(-n6c7ccccc7c7cc(-c8ccc9c%10ccccc%10n(-c%10ccccc%10)c9c8)ccc76)c5)nc(-n5c6ccccc6c6cc(-c7ccc8c9ccccc9n(-c9ccccc9)c8c7)ccc65)n4)c3)cc2)cc1. The minimum Gasteiger partial charge on any atom is -0.309 e. The van der Waals surface area contributed by atoms with Gasteiger partial charge in [0, 0.05) is 71.3 Å². The van der Waals surface area contributed by atoms with Gasteiger partial charge < -0.3 is 13.7 Å². The van der Waals surface area contributed by atoms with Gasteiger partial charge in [0.05, 0.1) is 55.5 Å². The number of benzene rings is 14. The lowest BCUT2D eigenvalue weighted by molar-refractivity contribution is 0.995. The Hall–Kier alpha value is -12.6. The maximum Gasteiger partial charge on any atom is 0.235 e. The summed E-state index contributed by atoms with van der Waals surface area (Å²) in [6, 6.07) is 123. The molecule has 6 nitrogen and oxygen atoms in total. The van der Waals surface area contributed by atoms with Crippen molar-refractivity contribution in [3.05, 3.63) is 340 Å². The number of rotatable bonds is 10. The van der Waals surface area contributed by atoms with Gasteiger partial charge >= 0.3 is 0 Å². The molecule has 5 heterocycles. The first-order valence-electron chi connectivity index (χ1n) is 32.1. The summed E-state index contributed by atoms with van der Waals surface area (Å²) in [4.78, 5) is 11.3. The van der Waals surface area contributed by atoms with Crippen LogP contribution in [0.3, 0.4) is 0 Å². The molecule has 0 N–H and O–H groups in total. The van der Waals surface area contributed by atoms with E-state index in [-0.39, 0.29) is 0 Å². The van der Waals surface area contributed by atoms with Crippen LogP contribution >= 0.6 is 0 Å². The minimum absolute atomic E-state index is 0.593. The molecule has 19 aromatic rings. The van der Waals surface area contributed by atoms with Gasteiger partial charge in [-0.25, -0.2) is 9.97 Å². The molecule has 5 aromatic heterocycles. The van der Waals surface area contributed by atoms with Gasteiger partial charge in [0.15, 0.2) is 0 Å². The van der Waals surface area contributed by atoms with Crippen LogP contribution < -0.4 is 0 Å². The fraction of sp³-hybridized carbons (Fsp3) is 0. The molecule has 0 aliphatic carbocycles. The zero-order valence-corrected chi connectivity index (χ0v) is 51.0. The number of hydrogen-bond donors (Lipinski definition) is 0. The molecule has 0 bridgehead atoms. The van der Waals surface area contributed by atoms with Gasteiger partial charge in [-0.1, -0.05) is 231 Å². The summed E-state index contributed by atoms with van der Waals surface area (Å²) in [7, 11) is 0. The van der Waals surface area contributed by atoms with Gasteiger partial charge in [0.25, 0.3) is 0 Å². The number of aromatic nitrogens is 6. The van der Waals surface area contributed by atoms with Crippen LogP contribution in [-0.2, 0) is 0 Å². The smallest absolute Gasteiger partial charge is 0.235 e. The van der Waals surface area contributed by atoms with Crippen LogP contribution in [0.2, 0.25) is 0 Å². The van der Waals surface area contributed by atoms with Crippen LogP contribution in [0.15, 0.2) is 340 Å². The second-order valence-corrected chi connectivity index (χ2v) is 24.5. The van der Waals surface area contributed by atoms with Crippen LogP contribution in [0.5, 0.6) is 0 Å². The Morgan fingerprint density at radius 2 is 0.468 bits per heavy atom. The molecule has 19 rings (SSSR count). The molecule has 0 unspecified atom stereocenters. The minimum atomic E-state index is 0.593. The Bertz CT molecular complexity index is 6210. The molecule has 438 valence electrons. The van der Waals surface area contributed by atoms with Crippen molar-refractivity contribution in [2.45, 2.75) is 0 Å². The van der Waals surface area contributed by atoms with E-state index < -0.39 is 0 Å². The van der Waals surface area contributed by atoms with Crippen LogP contribution in [0.4, 0.5) is 0 Å². The first-order valence-corrected chi connectivity index (χ1v) is 32.1. The largest absolute Gasteiger partial charge is 0.309 e. The topological polar surface area (TPSA) is 45.5 Å². The Morgan fingerprint density at radius 3 is 0.989 bits per heavy atom. The highest BCUT2D eigenvalue weighted by molar-refractivity contribution is 6.14. The predicted molar refractivity (Wildman–Crippen MR) is 392 cm³/mol. The standard InChI is InChI=1S/C88H56N6/c1-4-20-57(21-5-1)58-38-40-59(41-39-58)60-22-18-23-65(50-60)78-56-79(90-88(89-78)94-83-37-17-13-33-73(83)77-53-62(45-49-85(77)94)64-43-47-75-71-31-11-15-35-81(71)92(87(75)55-64)68-27-8-3-9-28-68)66-24-19-29-69(51-66)93-82-36-16-12-32-72(82)76-52-61(44-48-84(76)93)63-42-46-74-70-30-10-14-34-80(70)91(86(74)54-63)67-25-6-2-7-26-67/h1-56H. The highest BCUT2D eigenvalue weighted by atomic mass is 15.2. The van der Waals surface area contributed by atoms with E-state index in [1.807, 2.05) is 0 Å². The molecule has 6 heteroatoms. The molecule has 0 spiro atoms. The van der Waals surface area contributed by atoms with Crippen LogP contribution in [0, 0.1) is 0 Å². The van der Waals surface area contributed by atoms with Crippen molar-refractivity contribution in [1.29, 1.82) is 0 Å². The second kappa shape index (κ2) is 21.5. The highest BCUT2D eigenvalue weighted by Crippen LogP contribution is 2.42. The molecule has 0 atom stereocenters. The lowest BCUT2D eigenvalue weighted by Crippen LogP contribution is -2.04. The van der Waals surface area contributed by atoms with Gasteiger partial charge in [-0.2, -0.15) is 0 Å². The first-order chi connectivity index (χ1) is 46.6. The summed E-state index contributed by atoms with van der Waals surface area (Å²) in [6.45, 7) is 0. The molecule has 94 heavy (non-hydrogen) atoms. The van der Waals surface area contributed by atoms with E-state index in [4.69, 9.17) is 9.97 Å². The lowest BCUT2D eigenvalue weighted by Gasteiger charge is -2.14. The summed E-state index contributed by atoms with van der Waals surface area (Å²) in [5.74, 6) is 0.593. The third-order valence-corrected chi connectivity index (χ3v) is 19.2. The van der Waals surface area contributed by atoms with Crippen LogP contribution in [-0.4, -0.2) is 28.2 Å². The second-order valence-electron chi connectivity index (χ2n) is 24.5. The van der Waals surface area contributed by atoms with E-state index >= 15 is 0 Å². The number of nitrogens with zero attached hydrogens (tertiary/aromatic N) is 6. The normalized spacial score (nSPS) is 11.8. The fourth-order valence-electron chi connectivity index (χ4n) is 14.8. The quantitative estimate of drug-likeness (QED) is 0.137. The Labute approximate surface area is 542 Å². The predicted octanol–water partition coefficient (Wildman–Crippen LogP) is 22.9. The molecule has 0 saturated carbocycles. The third kappa shape index (κ3) is 8.65. The first kappa shape index (κ1) is 53.2. The molecule has 0 radical (unpaired) electrons. The number of hydrogen-bond acceptors (Lipinski definition) is 2. The van der Waals surface area contributed by atoms with E-state index in [1.165, 1.54) is 71.1 Å². The average Bonchev–Trinajstić information content (AvgIpc) is 1.61.